The van der Waals surface area contributed by atoms with Crippen LogP contribution in [0.2, 0.25) is 0 Å². The summed E-state index contributed by atoms with van der Waals surface area (Å²) in [7, 11) is -11.7. The first-order chi connectivity index (χ1) is 9.50. The van der Waals surface area contributed by atoms with Gasteiger partial charge in [-0.05, 0) is 0 Å². The zero-order valence-electron chi connectivity index (χ0n) is 10.4. The molecule has 0 aliphatic heterocycles. The van der Waals surface area contributed by atoms with E-state index in [1.165, 1.54) is 0 Å². The maximum Gasteiger partial charge on any atom is 0.522 e. The van der Waals surface area contributed by atoms with Gasteiger partial charge in [0, 0.05) is 17.1 Å². The molecule has 0 aromatic heterocycles. The van der Waals surface area contributed by atoms with E-state index < -0.39 is 31.3 Å². The summed E-state index contributed by atoms with van der Waals surface area (Å²) in [5.74, 6) is 0. The predicted octanol–water partition coefficient (Wildman–Crippen LogP) is 2.47. The van der Waals surface area contributed by atoms with Crippen molar-refractivity contribution in [3.8, 4) is 0 Å². The molecule has 0 saturated carbocycles. The van der Waals surface area contributed by atoms with E-state index in [1.54, 1.807) is 0 Å². The summed E-state index contributed by atoms with van der Waals surface area (Å²) in [6.07, 6.45) is 0. The van der Waals surface area contributed by atoms with Crippen LogP contribution < -0.4 is 0 Å². The molecule has 0 spiro atoms. The van der Waals surface area contributed by atoms with E-state index in [1.807, 2.05) is 36.4 Å². The van der Waals surface area contributed by atoms with Crippen molar-refractivity contribution >= 4 is 20.2 Å². The first-order valence-corrected chi connectivity index (χ1v) is 7.45. The van der Waals surface area contributed by atoms with Gasteiger partial charge in [-0.15, -0.1) is 0 Å². The SMILES string of the molecule is O=S(=O)(O)C(F)(F)F.O=S(=O)(O)C(F)(F)F.[Cu].c1ccccc1. The van der Waals surface area contributed by atoms with E-state index in [2.05, 4.69) is 0 Å². The maximum absolute atomic E-state index is 10.7. The van der Waals surface area contributed by atoms with E-state index >= 15 is 0 Å². The molecule has 15 heteroatoms. The molecule has 1 aromatic carbocycles. The molecule has 0 bridgehead atoms. The Hall–Kier alpha value is -0.861. The van der Waals surface area contributed by atoms with Crippen molar-refractivity contribution in [1.29, 1.82) is 0 Å². The quantitative estimate of drug-likeness (QED) is 0.277. The molecule has 23 heavy (non-hydrogen) atoms. The number of rotatable bonds is 0. The van der Waals surface area contributed by atoms with Crippen LogP contribution in [0.5, 0.6) is 0 Å². The minimum Gasteiger partial charge on any atom is -0.279 e. The maximum atomic E-state index is 10.7. The van der Waals surface area contributed by atoms with Crippen LogP contribution >= 0.6 is 0 Å². The van der Waals surface area contributed by atoms with Gasteiger partial charge in [0.05, 0.1) is 0 Å². The fraction of sp³-hybridized carbons (Fsp3) is 0.250. The van der Waals surface area contributed by atoms with Gasteiger partial charge in [-0.2, -0.15) is 43.2 Å². The van der Waals surface area contributed by atoms with Crippen molar-refractivity contribution in [3.05, 3.63) is 36.4 Å². The molecule has 141 valence electrons. The molecule has 2 N–H and O–H groups in total. The Morgan fingerprint density at radius 3 is 0.696 bits per heavy atom. The molecule has 0 heterocycles. The second kappa shape index (κ2) is 10.1. The van der Waals surface area contributed by atoms with Crippen LogP contribution in [0.25, 0.3) is 0 Å². The van der Waals surface area contributed by atoms with Crippen LogP contribution in [-0.4, -0.2) is 37.0 Å². The molecular weight excluding hydrogens is 434 g/mol. The van der Waals surface area contributed by atoms with Crippen LogP contribution in [0.15, 0.2) is 36.4 Å². The van der Waals surface area contributed by atoms with E-state index in [0.717, 1.165) is 0 Å². The Bertz CT molecular complexity index is 557. The van der Waals surface area contributed by atoms with Crippen LogP contribution in [0, 0.1) is 0 Å². The smallest absolute Gasteiger partial charge is 0.279 e. The van der Waals surface area contributed by atoms with Crippen LogP contribution in [0.4, 0.5) is 26.3 Å². The molecule has 0 amide bonds. The van der Waals surface area contributed by atoms with Gasteiger partial charge in [0.15, 0.2) is 0 Å². The summed E-state index contributed by atoms with van der Waals surface area (Å²) in [5, 5.41) is 0. The van der Waals surface area contributed by atoms with Gasteiger partial charge in [0.25, 0.3) is 0 Å². The van der Waals surface area contributed by atoms with Gasteiger partial charge in [0.2, 0.25) is 0 Å². The molecule has 0 unspecified atom stereocenters. The third-order valence-electron chi connectivity index (χ3n) is 1.25. The second-order valence-electron chi connectivity index (χ2n) is 3.00. The molecule has 0 aliphatic carbocycles. The normalized spacial score (nSPS) is 11.8. The van der Waals surface area contributed by atoms with Gasteiger partial charge in [-0.25, -0.2) is 0 Å². The number of benzene rings is 1. The van der Waals surface area contributed by atoms with Gasteiger partial charge >= 0.3 is 31.3 Å². The van der Waals surface area contributed by atoms with Gasteiger partial charge < -0.3 is 0 Å². The Kier molecular flexibility index (Phi) is 11.9. The van der Waals surface area contributed by atoms with Crippen molar-refractivity contribution in [2.24, 2.45) is 0 Å². The molecule has 0 atom stereocenters. The van der Waals surface area contributed by atoms with Crippen LogP contribution in [0.1, 0.15) is 0 Å². The summed E-state index contributed by atoms with van der Waals surface area (Å²) in [4.78, 5) is 0. The predicted molar refractivity (Wildman–Crippen MR) is 61.6 cm³/mol. The van der Waals surface area contributed by atoms with Crippen molar-refractivity contribution in [2.45, 2.75) is 11.0 Å². The summed E-state index contributed by atoms with van der Waals surface area (Å²) < 4.78 is 115. The zero-order valence-corrected chi connectivity index (χ0v) is 13.0. The molecule has 1 radical (unpaired) electrons. The largest absolute Gasteiger partial charge is 0.522 e. The first-order valence-electron chi connectivity index (χ1n) is 4.57. The second-order valence-corrected chi connectivity index (χ2v) is 5.82. The molecule has 0 aliphatic rings. The van der Waals surface area contributed by atoms with Crippen LogP contribution in [0.3, 0.4) is 0 Å². The zero-order chi connectivity index (χ0) is 18.2. The summed E-state index contributed by atoms with van der Waals surface area (Å²) in [6.45, 7) is 0. The van der Waals surface area contributed by atoms with Gasteiger partial charge in [-0.1, -0.05) is 36.4 Å². The fourth-order valence-electron chi connectivity index (χ4n) is 0.385. The molecule has 0 fully saturated rings. The summed E-state index contributed by atoms with van der Waals surface area (Å²) >= 11 is 0. The van der Waals surface area contributed by atoms with Gasteiger partial charge in [0.1, 0.15) is 0 Å². The fourth-order valence-corrected chi connectivity index (χ4v) is 0.385. The van der Waals surface area contributed by atoms with E-state index in [-0.39, 0.29) is 17.1 Å². The van der Waals surface area contributed by atoms with E-state index in [9.17, 15) is 26.3 Å². The summed E-state index contributed by atoms with van der Waals surface area (Å²) in [6, 6.07) is 12.0. The van der Waals surface area contributed by atoms with Crippen molar-refractivity contribution in [3.63, 3.8) is 0 Å². The van der Waals surface area contributed by atoms with Crippen molar-refractivity contribution < 1.29 is 69.4 Å². The molecular formula is C8H8CuF6O6S2. The average Bonchev–Trinajstić information content (AvgIpc) is 2.27. The Morgan fingerprint density at radius 2 is 0.652 bits per heavy atom. The number of halogens is 6. The van der Waals surface area contributed by atoms with E-state index in [4.69, 9.17) is 25.9 Å². The van der Waals surface area contributed by atoms with Crippen LogP contribution in [-0.2, 0) is 37.3 Å². The minimum atomic E-state index is -5.84. The topological polar surface area (TPSA) is 109 Å². The van der Waals surface area contributed by atoms with Gasteiger partial charge in [-0.3, -0.25) is 9.11 Å². The molecule has 6 nitrogen and oxygen atoms in total. The Morgan fingerprint density at radius 1 is 0.565 bits per heavy atom. The number of hydrogen-bond acceptors (Lipinski definition) is 4. The molecule has 0 saturated heterocycles. The van der Waals surface area contributed by atoms with E-state index in [0.29, 0.717) is 0 Å². The first kappa shape index (κ1) is 27.0. The monoisotopic (exact) mass is 441 g/mol. The average molecular weight is 442 g/mol. The Balaban J connectivity index is -0.000000257. The third-order valence-corrected chi connectivity index (χ3v) is 2.42. The number of hydrogen-bond donors (Lipinski definition) is 2. The van der Waals surface area contributed by atoms with Crippen molar-refractivity contribution in [1.82, 2.24) is 0 Å². The molecule has 1 aromatic rings. The molecule has 1 rings (SSSR count). The Labute approximate surface area is 137 Å². The van der Waals surface area contributed by atoms with Crippen molar-refractivity contribution in [2.75, 3.05) is 0 Å². The summed E-state index contributed by atoms with van der Waals surface area (Å²) in [5.41, 5.74) is -11.1. The minimum absolute atomic E-state index is 0. The third kappa shape index (κ3) is 14.5. The standard InChI is InChI=1S/C6H6.2CHF3O3S.Cu/c1-2-4-6-5-3-1;2*2-1(3,4)8(5,6)7;/h1-6H;2*(H,5,6,7);. The number of alkyl halides is 6.